The Labute approximate surface area is 227 Å². The normalized spacial score (nSPS) is 19.6. The number of hydrogen-bond acceptors (Lipinski definition) is 7. The standard InChI is InChI=1S/C28H26F3N5O4/c29-28(30,31)27-32-25-15-34(10-11-36(25)33-27)13-17-4-6-18(7-5-17)16-40-24-3-1-2-20-21(24)14-35(26(20)39)22-9-8-19(37)12-23(22)38/h1-7,22H,8-16H2. The Morgan fingerprint density at radius 3 is 2.50 bits per heavy atom. The summed E-state index contributed by atoms with van der Waals surface area (Å²) in [5.41, 5.74) is 3.17. The number of amides is 1. The molecule has 40 heavy (non-hydrogen) atoms. The van der Waals surface area contributed by atoms with Gasteiger partial charge in [-0.05, 0) is 29.7 Å². The van der Waals surface area contributed by atoms with E-state index in [1.165, 1.54) is 4.68 Å². The van der Waals surface area contributed by atoms with Crippen molar-refractivity contribution in [2.75, 3.05) is 6.54 Å². The van der Waals surface area contributed by atoms with Crippen molar-refractivity contribution in [2.24, 2.45) is 0 Å². The third kappa shape index (κ3) is 5.10. The SMILES string of the molecule is O=C1CCC(N2Cc3c(OCc4ccc(CN5CCn6nc(C(F)(F)F)nc6C5)cc4)cccc3C2=O)C(=O)C1. The summed E-state index contributed by atoms with van der Waals surface area (Å²) in [6, 6.07) is 12.5. The minimum absolute atomic E-state index is 0.0830. The van der Waals surface area contributed by atoms with Gasteiger partial charge in [0.25, 0.3) is 11.7 Å². The second kappa shape index (κ2) is 10.2. The van der Waals surface area contributed by atoms with Gasteiger partial charge in [0.1, 0.15) is 24.0 Å². The second-order valence-electron chi connectivity index (χ2n) is 10.3. The van der Waals surface area contributed by atoms with E-state index in [0.29, 0.717) is 49.6 Å². The summed E-state index contributed by atoms with van der Waals surface area (Å²) in [5, 5.41) is 3.57. The van der Waals surface area contributed by atoms with Crippen LogP contribution < -0.4 is 4.74 Å². The molecule has 3 aliphatic rings. The maximum atomic E-state index is 13.0. The van der Waals surface area contributed by atoms with Gasteiger partial charge in [0, 0.05) is 30.6 Å². The number of rotatable bonds is 6. The van der Waals surface area contributed by atoms with Gasteiger partial charge in [-0.3, -0.25) is 19.3 Å². The molecule has 6 rings (SSSR count). The van der Waals surface area contributed by atoms with Crippen molar-refractivity contribution >= 4 is 17.5 Å². The number of ketones is 2. The van der Waals surface area contributed by atoms with Crippen LogP contribution in [0.2, 0.25) is 0 Å². The van der Waals surface area contributed by atoms with Gasteiger partial charge in [0.15, 0.2) is 5.78 Å². The van der Waals surface area contributed by atoms with E-state index in [4.69, 9.17) is 4.74 Å². The van der Waals surface area contributed by atoms with Crippen molar-refractivity contribution in [2.45, 2.75) is 64.3 Å². The molecule has 1 unspecified atom stereocenters. The average Bonchev–Trinajstić information content (AvgIpc) is 3.50. The van der Waals surface area contributed by atoms with Crippen molar-refractivity contribution in [3.63, 3.8) is 0 Å². The lowest BCUT2D eigenvalue weighted by Crippen LogP contribution is -2.44. The molecule has 1 fully saturated rings. The van der Waals surface area contributed by atoms with Gasteiger partial charge in [0.05, 0.1) is 32.1 Å². The second-order valence-corrected chi connectivity index (χ2v) is 10.3. The molecule has 1 saturated carbocycles. The van der Waals surface area contributed by atoms with Crippen LogP contribution in [0.25, 0.3) is 0 Å². The van der Waals surface area contributed by atoms with Crippen LogP contribution in [0.5, 0.6) is 5.75 Å². The van der Waals surface area contributed by atoms with Gasteiger partial charge >= 0.3 is 6.18 Å². The number of nitrogens with zero attached hydrogens (tertiary/aromatic N) is 5. The van der Waals surface area contributed by atoms with Crippen LogP contribution in [-0.4, -0.2) is 54.6 Å². The molecule has 1 amide bonds. The number of Topliss-reactive ketones (excluding diaryl/α,β-unsaturated/α-hetero) is 2. The van der Waals surface area contributed by atoms with Crippen LogP contribution in [-0.2, 0) is 48.6 Å². The first-order valence-electron chi connectivity index (χ1n) is 13.1. The molecule has 1 atom stereocenters. The number of ether oxygens (including phenoxy) is 1. The van der Waals surface area contributed by atoms with Gasteiger partial charge in [-0.25, -0.2) is 9.67 Å². The highest BCUT2D eigenvalue weighted by Crippen LogP contribution is 2.35. The first kappa shape index (κ1) is 26.2. The number of benzene rings is 2. The highest BCUT2D eigenvalue weighted by Gasteiger charge is 2.40. The number of hydrogen-bond donors (Lipinski definition) is 0. The molecule has 0 saturated heterocycles. The van der Waals surface area contributed by atoms with Gasteiger partial charge in [-0.15, -0.1) is 5.10 Å². The van der Waals surface area contributed by atoms with E-state index in [2.05, 4.69) is 10.1 Å². The van der Waals surface area contributed by atoms with Crippen LogP contribution in [0.1, 0.15) is 58.0 Å². The monoisotopic (exact) mass is 553 g/mol. The predicted molar refractivity (Wildman–Crippen MR) is 134 cm³/mol. The van der Waals surface area contributed by atoms with Crippen molar-refractivity contribution in [3.05, 3.63) is 76.4 Å². The molecule has 12 heteroatoms. The number of fused-ring (bicyclic) bond motifs is 2. The lowest BCUT2D eigenvalue weighted by molar-refractivity contribution is -0.145. The average molecular weight is 554 g/mol. The first-order chi connectivity index (χ1) is 19.2. The summed E-state index contributed by atoms with van der Waals surface area (Å²) >= 11 is 0. The minimum atomic E-state index is -4.56. The highest BCUT2D eigenvalue weighted by atomic mass is 19.4. The van der Waals surface area contributed by atoms with Gasteiger partial charge in [-0.1, -0.05) is 30.3 Å². The van der Waals surface area contributed by atoms with Crippen LogP contribution in [0.4, 0.5) is 13.2 Å². The Bertz CT molecular complexity index is 1480. The summed E-state index contributed by atoms with van der Waals surface area (Å²) in [7, 11) is 0. The number of carbonyl (C=O) groups is 3. The summed E-state index contributed by atoms with van der Waals surface area (Å²) in [5.74, 6) is -0.737. The molecule has 0 radical (unpaired) electrons. The molecule has 3 heterocycles. The molecule has 0 spiro atoms. The maximum Gasteiger partial charge on any atom is 0.453 e. The Kier molecular flexibility index (Phi) is 6.65. The summed E-state index contributed by atoms with van der Waals surface area (Å²) in [6.45, 7) is 2.29. The van der Waals surface area contributed by atoms with Crippen LogP contribution in [0, 0.1) is 0 Å². The van der Waals surface area contributed by atoms with Crippen molar-refractivity contribution in [1.29, 1.82) is 0 Å². The van der Waals surface area contributed by atoms with Gasteiger partial charge in [0.2, 0.25) is 0 Å². The Hall–Kier alpha value is -4.06. The zero-order valence-corrected chi connectivity index (χ0v) is 21.5. The van der Waals surface area contributed by atoms with Crippen LogP contribution in [0.3, 0.4) is 0 Å². The van der Waals surface area contributed by atoms with Crippen molar-refractivity contribution in [3.8, 4) is 5.75 Å². The summed E-state index contributed by atoms with van der Waals surface area (Å²) in [6.07, 6.45) is -4.03. The smallest absolute Gasteiger partial charge is 0.453 e. The summed E-state index contributed by atoms with van der Waals surface area (Å²) < 4.78 is 46.2. The fourth-order valence-electron chi connectivity index (χ4n) is 5.50. The molecule has 2 aromatic carbocycles. The Morgan fingerprint density at radius 2 is 1.75 bits per heavy atom. The fraction of sp³-hybridized carbons (Fsp3) is 0.393. The zero-order valence-electron chi connectivity index (χ0n) is 21.5. The molecule has 1 aliphatic carbocycles. The molecule has 9 nitrogen and oxygen atoms in total. The van der Waals surface area contributed by atoms with E-state index < -0.39 is 18.0 Å². The van der Waals surface area contributed by atoms with E-state index in [-0.39, 0.29) is 43.6 Å². The Balaban J connectivity index is 1.07. The van der Waals surface area contributed by atoms with E-state index in [1.54, 1.807) is 23.1 Å². The summed E-state index contributed by atoms with van der Waals surface area (Å²) in [4.78, 5) is 44.3. The third-order valence-electron chi connectivity index (χ3n) is 7.59. The van der Waals surface area contributed by atoms with Crippen molar-refractivity contribution < 1.29 is 32.3 Å². The zero-order chi connectivity index (χ0) is 28.0. The molecular weight excluding hydrogens is 527 g/mol. The number of halogens is 3. The lowest BCUT2D eigenvalue weighted by Gasteiger charge is -2.29. The fourth-order valence-corrected chi connectivity index (χ4v) is 5.50. The molecular formula is C28H26F3N5O4. The number of carbonyl (C=O) groups excluding carboxylic acids is 3. The minimum Gasteiger partial charge on any atom is -0.489 e. The quantitative estimate of drug-likeness (QED) is 0.431. The van der Waals surface area contributed by atoms with E-state index in [9.17, 15) is 27.6 Å². The highest BCUT2D eigenvalue weighted by molar-refractivity contribution is 6.07. The van der Waals surface area contributed by atoms with Gasteiger partial charge in [-0.2, -0.15) is 13.2 Å². The number of alkyl halides is 3. The maximum absolute atomic E-state index is 13.0. The van der Waals surface area contributed by atoms with Crippen molar-refractivity contribution in [1.82, 2.24) is 24.6 Å². The largest absolute Gasteiger partial charge is 0.489 e. The molecule has 0 N–H and O–H groups in total. The topological polar surface area (TPSA) is 97.6 Å². The molecule has 2 aliphatic heterocycles. The predicted octanol–water partition coefficient (Wildman–Crippen LogP) is 3.54. The lowest BCUT2D eigenvalue weighted by atomic mass is 9.92. The molecule has 0 bridgehead atoms. The Morgan fingerprint density at radius 1 is 0.975 bits per heavy atom. The van der Waals surface area contributed by atoms with E-state index in [1.807, 2.05) is 29.2 Å². The van der Waals surface area contributed by atoms with Gasteiger partial charge < -0.3 is 9.64 Å². The van der Waals surface area contributed by atoms with E-state index >= 15 is 0 Å². The van der Waals surface area contributed by atoms with Crippen LogP contribution in [0.15, 0.2) is 42.5 Å². The number of aromatic nitrogens is 3. The first-order valence-corrected chi connectivity index (χ1v) is 13.1. The molecule has 3 aromatic rings. The molecule has 1 aromatic heterocycles. The van der Waals surface area contributed by atoms with Crippen LogP contribution >= 0.6 is 0 Å². The van der Waals surface area contributed by atoms with E-state index in [0.717, 1.165) is 16.7 Å². The molecule has 208 valence electrons. The third-order valence-corrected chi connectivity index (χ3v) is 7.59.